The largest absolute Gasteiger partial charge is 0.462 e. The molecule has 0 spiro atoms. The van der Waals surface area contributed by atoms with Gasteiger partial charge in [-0.25, -0.2) is 0 Å². The first-order chi connectivity index (χ1) is 14.9. The predicted molar refractivity (Wildman–Crippen MR) is 130 cm³/mol. The summed E-state index contributed by atoms with van der Waals surface area (Å²) in [6, 6.07) is 0. The number of hydrogen-bond donors (Lipinski definition) is 1. The van der Waals surface area contributed by atoms with E-state index in [-0.39, 0.29) is 12.1 Å². The van der Waals surface area contributed by atoms with Crippen molar-refractivity contribution in [1.82, 2.24) is 0 Å². The van der Waals surface area contributed by atoms with Crippen LogP contribution < -0.4 is 0 Å². The number of fused-ring (bicyclic) bond motifs is 5. The lowest BCUT2D eigenvalue weighted by Gasteiger charge is -2.58. The molecule has 4 aliphatic carbocycles. The minimum atomic E-state index is -0.532. The van der Waals surface area contributed by atoms with Crippen molar-refractivity contribution in [1.29, 1.82) is 0 Å². The van der Waals surface area contributed by atoms with Crippen molar-refractivity contribution < 1.29 is 14.6 Å². The van der Waals surface area contributed by atoms with Crippen molar-refractivity contribution in [2.45, 2.75) is 124 Å². The lowest BCUT2D eigenvalue weighted by atomic mass is 9.47. The molecule has 0 aromatic heterocycles. The van der Waals surface area contributed by atoms with E-state index in [1.807, 2.05) is 13.8 Å². The van der Waals surface area contributed by atoms with Gasteiger partial charge in [0.2, 0.25) is 0 Å². The number of esters is 1. The van der Waals surface area contributed by atoms with E-state index in [4.69, 9.17) is 4.74 Å². The minimum Gasteiger partial charge on any atom is -0.462 e. The first-order valence-corrected chi connectivity index (χ1v) is 13.5. The molecule has 0 amide bonds. The Hall–Kier alpha value is -0.830. The van der Waals surface area contributed by atoms with Crippen LogP contribution in [-0.2, 0) is 9.53 Å². The highest BCUT2D eigenvalue weighted by Gasteiger charge is 2.59. The topological polar surface area (TPSA) is 46.5 Å². The number of hydrogen-bond acceptors (Lipinski definition) is 3. The Bertz CT molecular complexity index is 733. The van der Waals surface area contributed by atoms with Crippen LogP contribution in [0, 0.1) is 40.4 Å². The monoisotopic (exact) mass is 444 g/mol. The minimum absolute atomic E-state index is 0.0952. The van der Waals surface area contributed by atoms with Crippen LogP contribution in [0.15, 0.2) is 11.6 Å². The van der Waals surface area contributed by atoms with Crippen molar-refractivity contribution in [3.63, 3.8) is 0 Å². The molecule has 1 unspecified atom stereocenters. The van der Waals surface area contributed by atoms with Crippen LogP contribution in [0.2, 0.25) is 0 Å². The summed E-state index contributed by atoms with van der Waals surface area (Å²) in [5, 5.41) is 10.1. The number of allylic oxidation sites excluding steroid dienone is 1. The third-order valence-corrected chi connectivity index (χ3v) is 10.6. The average molecular weight is 445 g/mol. The van der Waals surface area contributed by atoms with E-state index in [9.17, 15) is 9.90 Å². The zero-order valence-electron chi connectivity index (χ0n) is 21.6. The Balaban J connectivity index is 1.45. The molecule has 0 radical (unpaired) electrons. The van der Waals surface area contributed by atoms with Crippen molar-refractivity contribution in [2.75, 3.05) is 0 Å². The molecule has 0 aromatic carbocycles. The van der Waals surface area contributed by atoms with Gasteiger partial charge in [-0.1, -0.05) is 45.3 Å². The SMILES string of the molecule is CC(=O)OC1CC[C@@]2(C)C(=CC[C@H]3[C@@H]4CC[C@H]([C@@H](C)CCCC(C)(C)O)[C@@]4(C)CC[C@@H]32)C1. The molecule has 0 bridgehead atoms. The smallest absolute Gasteiger partial charge is 0.302 e. The molecular formula is C29H48O3. The van der Waals surface area contributed by atoms with Crippen LogP contribution in [0.25, 0.3) is 0 Å². The Labute approximate surface area is 196 Å². The molecule has 4 aliphatic rings. The highest BCUT2D eigenvalue weighted by Crippen LogP contribution is 2.67. The average Bonchev–Trinajstić information content (AvgIpc) is 3.04. The summed E-state index contributed by atoms with van der Waals surface area (Å²) in [4.78, 5) is 11.5. The molecule has 1 N–H and O–H groups in total. The Morgan fingerprint density at radius 3 is 2.62 bits per heavy atom. The van der Waals surface area contributed by atoms with Gasteiger partial charge in [0.25, 0.3) is 0 Å². The van der Waals surface area contributed by atoms with E-state index < -0.39 is 5.60 Å². The van der Waals surface area contributed by atoms with Crippen LogP contribution in [-0.4, -0.2) is 22.8 Å². The highest BCUT2D eigenvalue weighted by molar-refractivity contribution is 5.66. The number of ether oxygens (including phenoxy) is 1. The van der Waals surface area contributed by atoms with Crippen molar-refractivity contribution >= 4 is 5.97 Å². The summed E-state index contributed by atoms with van der Waals surface area (Å²) in [6.45, 7) is 13.1. The van der Waals surface area contributed by atoms with E-state index >= 15 is 0 Å². The molecule has 3 nitrogen and oxygen atoms in total. The van der Waals surface area contributed by atoms with Crippen LogP contribution in [0.5, 0.6) is 0 Å². The third kappa shape index (κ3) is 4.44. The van der Waals surface area contributed by atoms with Gasteiger partial charge in [-0.05, 0) is 106 Å². The molecule has 4 rings (SSSR count). The first-order valence-electron chi connectivity index (χ1n) is 13.5. The van der Waals surface area contributed by atoms with Gasteiger partial charge < -0.3 is 9.84 Å². The molecule has 0 saturated heterocycles. The highest BCUT2D eigenvalue weighted by atomic mass is 16.5. The summed E-state index contributed by atoms with van der Waals surface area (Å²) in [5.41, 5.74) is 1.87. The zero-order valence-corrected chi connectivity index (χ0v) is 21.6. The van der Waals surface area contributed by atoms with E-state index in [2.05, 4.69) is 26.8 Å². The lowest BCUT2D eigenvalue weighted by Crippen LogP contribution is -2.51. The standard InChI is InChI=1S/C29H48O3/c1-19(8-7-15-27(3,4)31)24-11-12-25-23-10-9-21-18-22(32-20(2)30)13-16-28(21,5)26(23)14-17-29(24,25)6/h9,19,22-26,31H,7-8,10-18H2,1-6H3/t19-,22?,23-,24+,25-,26-,28-,29+/m0/s1. The molecular weight excluding hydrogens is 396 g/mol. The van der Waals surface area contributed by atoms with Crippen LogP contribution in [0.3, 0.4) is 0 Å². The normalized spacial score (nSPS) is 42.3. The van der Waals surface area contributed by atoms with Crippen molar-refractivity contribution in [3.8, 4) is 0 Å². The number of aliphatic hydroxyl groups is 1. The fraction of sp³-hybridized carbons (Fsp3) is 0.897. The van der Waals surface area contributed by atoms with Crippen molar-refractivity contribution in [3.05, 3.63) is 11.6 Å². The molecule has 0 aliphatic heterocycles. The van der Waals surface area contributed by atoms with Crippen molar-refractivity contribution in [2.24, 2.45) is 40.4 Å². The molecule has 32 heavy (non-hydrogen) atoms. The van der Waals surface area contributed by atoms with Crippen LogP contribution >= 0.6 is 0 Å². The second-order valence-electron chi connectivity index (χ2n) is 13.1. The molecule has 0 aromatic rings. The fourth-order valence-electron chi connectivity index (χ4n) is 9.00. The Morgan fingerprint density at radius 2 is 1.94 bits per heavy atom. The molecule has 182 valence electrons. The third-order valence-electron chi connectivity index (χ3n) is 10.6. The summed E-state index contributed by atoms with van der Waals surface area (Å²) in [7, 11) is 0. The van der Waals surface area contributed by atoms with E-state index in [0.29, 0.717) is 10.8 Å². The van der Waals surface area contributed by atoms with E-state index in [0.717, 1.165) is 55.3 Å². The molecule has 8 atom stereocenters. The van der Waals surface area contributed by atoms with Gasteiger partial charge in [0.05, 0.1) is 5.60 Å². The van der Waals surface area contributed by atoms with E-state index in [1.54, 1.807) is 12.5 Å². The second kappa shape index (κ2) is 8.75. The zero-order chi connectivity index (χ0) is 23.3. The Morgan fingerprint density at radius 1 is 1.19 bits per heavy atom. The number of carbonyl (C=O) groups excluding carboxylic acids is 1. The molecule has 3 fully saturated rings. The quantitative estimate of drug-likeness (QED) is 0.352. The first kappa shape index (κ1) is 24.3. The van der Waals surface area contributed by atoms with Gasteiger partial charge in [-0.2, -0.15) is 0 Å². The number of rotatable bonds is 6. The van der Waals surface area contributed by atoms with E-state index in [1.165, 1.54) is 44.9 Å². The predicted octanol–water partition coefficient (Wildman–Crippen LogP) is 7.07. The van der Waals surface area contributed by atoms with Gasteiger partial charge in [0, 0.05) is 13.3 Å². The summed E-state index contributed by atoms with van der Waals surface area (Å²) < 4.78 is 5.60. The van der Waals surface area contributed by atoms with Gasteiger partial charge in [0.15, 0.2) is 0 Å². The second-order valence-corrected chi connectivity index (χ2v) is 13.1. The van der Waals surface area contributed by atoms with Gasteiger partial charge in [0.1, 0.15) is 6.10 Å². The van der Waals surface area contributed by atoms with Crippen LogP contribution in [0.4, 0.5) is 0 Å². The molecule has 0 heterocycles. The summed E-state index contributed by atoms with van der Waals surface area (Å²) in [6.07, 6.45) is 15.9. The summed E-state index contributed by atoms with van der Waals surface area (Å²) in [5.74, 6) is 3.98. The maximum Gasteiger partial charge on any atom is 0.302 e. The van der Waals surface area contributed by atoms with Crippen LogP contribution in [0.1, 0.15) is 112 Å². The van der Waals surface area contributed by atoms with Gasteiger partial charge in [-0.15, -0.1) is 0 Å². The lowest BCUT2D eigenvalue weighted by molar-refractivity contribution is -0.148. The van der Waals surface area contributed by atoms with Gasteiger partial charge >= 0.3 is 5.97 Å². The maximum atomic E-state index is 11.5. The maximum absolute atomic E-state index is 11.5. The van der Waals surface area contributed by atoms with Gasteiger partial charge in [-0.3, -0.25) is 4.79 Å². The molecule has 3 saturated carbocycles. The summed E-state index contributed by atoms with van der Waals surface area (Å²) >= 11 is 0. The molecule has 3 heteroatoms. The Kier molecular flexibility index (Phi) is 6.64. The number of carbonyl (C=O) groups is 1. The fourth-order valence-corrected chi connectivity index (χ4v) is 9.00.